The normalized spacial score (nSPS) is 19.5. The van der Waals surface area contributed by atoms with Crippen LogP contribution >= 0.6 is 0 Å². The van der Waals surface area contributed by atoms with E-state index in [-0.39, 0.29) is 30.0 Å². The molecule has 2 atom stereocenters. The van der Waals surface area contributed by atoms with Gasteiger partial charge in [0.2, 0.25) is 5.91 Å². The number of pyridine rings is 1. The molecule has 2 heterocycles. The standard InChI is InChI=1S/C19H20FN3O3/c1-23-17(24)8-13(18(23)12-4-3-7-21-10-12)11-22-19(25)15-6-5-14(26-2)9-16(15)20/h3-7,9-10,13,18H,8,11H2,1-2H3,(H,22,25)/t13-,18-/m0/s1. The van der Waals surface area contributed by atoms with Crippen molar-refractivity contribution in [3.8, 4) is 5.75 Å². The Morgan fingerprint density at radius 3 is 2.88 bits per heavy atom. The van der Waals surface area contributed by atoms with Crippen molar-refractivity contribution in [3.63, 3.8) is 0 Å². The number of nitrogens with one attached hydrogen (secondary N) is 1. The molecule has 2 amide bonds. The lowest BCUT2D eigenvalue weighted by atomic mass is 9.94. The second kappa shape index (κ2) is 7.51. The second-order valence-electron chi connectivity index (χ2n) is 6.26. The first-order valence-corrected chi connectivity index (χ1v) is 8.28. The van der Waals surface area contributed by atoms with Crippen molar-refractivity contribution >= 4 is 11.8 Å². The van der Waals surface area contributed by atoms with Gasteiger partial charge in [-0.3, -0.25) is 14.6 Å². The van der Waals surface area contributed by atoms with Crippen molar-refractivity contribution in [3.05, 3.63) is 59.7 Å². The largest absolute Gasteiger partial charge is 0.497 e. The minimum Gasteiger partial charge on any atom is -0.497 e. The van der Waals surface area contributed by atoms with Gasteiger partial charge in [0.05, 0.1) is 18.7 Å². The fraction of sp³-hybridized carbons (Fsp3) is 0.316. The van der Waals surface area contributed by atoms with Gasteiger partial charge in [-0.15, -0.1) is 0 Å². The molecule has 0 spiro atoms. The Bertz CT molecular complexity index is 813. The van der Waals surface area contributed by atoms with E-state index in [4.69, 9.17) is 4.74 Å². The van der Waals surface area contributed by atoms with Gasteiger partial charge in [-0.25, -0.2) is 4.39 Å². The Morgan fingerprint density at radius 1 is 1.42 bits per heavy atom. The Hall–Kier alpha value is -2.96. The fourth-order valence-corrected chi connectivity index (χ4v) is 3.31. The smallest absolute Gasteiger partial charge is 0.254 e. The molecule has 1 saturated heterocycles. The van der Waals surface area contributed by atoms with Gasteiger partial charge in [-0.2, -0.15) is 0 Å². The van der Waals surface area contributed by atoms with Crippen LogP contribution in [0.3, 0.4) is 0 Å². The number of amides is 2. The number of methoxy groups -OCH3 is 1. The van der Waals surface area contributed by atoms with Crippen molar-refractivity contribution < 1.29 is 18.7 Å². The van der Waals surface area contributed by atoms with E-state index in [0.29, 0.717) is 12.2 Å². The molecule has 0 saturated carbocycles. The summed E-state index contributed by atoms with van der Waals surface area (Å²) in [4.78, 5) is 30.2. The first-order chi connectivity index (χ1) is 12.5. The Morgan fingerprint density at radius 2 is 2.23 bits per heavy atom. The third-order valence-corrected chi connectivity index (χ3v) is 4.67. The summed E-state index contributed by atoms with van der Waals surface area (Å²) in [6.07, 6.45) is 3.71. The number of rotatable bonds is 5. The van der Waals surface area contributed by atoms with Crippen LogP contribution in [0.2, 0.25) is 0 Å². The Kier molecular flexibility index (Phi) is 5.16. The number of aromatic nitrogens is 1. The number of halogens is 1. The SMILES string of the molecule is COc1ccc(C(=O)NC[C@@H]2CC(=O)N(C)[C@H]2c2cccnc2)c(F)c1. The third-order valence-electron chi connectivity index (χ3n) is 4.67. The molecule has 0 unspecified atom stereocenters. The van der Waals surface area contributed by atoms with Gasteiger partial charge >= 0.3 is 0 Å². The number of nitrogens with zero attached hydrogens (tertiary/aromatic N) is 2. The highest BCUT2D eigenvalue weighted by Gasteiger charge is 2.38. The molecule has 1 N–H and O–H groups in total. The summed E-state index contributed by atoms with van der Waals surface area (Å²) in [6, 6.07) is 7.63. The number of hydrogen-bond acceptors (Lipinski definition) is 4. The van der Waals surface area contributed by atoms with Crippen molar-refractivity contribution in [2.45, 2.75) is 12.5 Å². The molecule has 3 rings (SSSR count). The molecule has 7 heteroatoms. The van der Waals surface area contributed by atoms with Crippen molar-refractivity contribution in [1.82, 2.24) is 15.2 Å². The summed E-state index contributed by atoms with van der Waals surface area (Å²) >= 11 is 0. The van der Waals surface area contributed by atoms with Gasteiger partial charge in [0.1, 0.15) is 11.6 Å². The van der Waals surface area contributed by atoms with Gasteiger partial charge in [-0.1, -0.05) is 6.07 Å². The highest BCUT2D eigenvalue weighted by molar-refractivity contribution is 5.94. The molecule has 1 fully saturated rings. The molecule has 6 nitrogen and oxygen atoms in total. The van der Waals surface area contributed by atoms with Crippen molar-refractivity contribution in [1.29, 1.82) is 0 Å². The fourth-order valence-electron chi connectivity index (χ4n) is 3.31. The van der Waals surface area contributed by atoms with Crippen molar-refractivity contribution in [2.75, 3.05) is 20.7 Å². The van der Waals surface area contributed by atoms with E-state index >= 15 is 0 Å². The van der Waals surface area contributed by atoms with Gasteiger partial charge in [0.25, 0.3) is 5.91 Å². The lowest BCUT2D eigenvalue weighted by Crippen LogP contribution is -2.33. The third kappa shape index (κ3) is 3.51. The van der Waals surface area contributed by atoms with Crippen LogP contribution in [-0.4, -0.2) is 42.4 Å². The number of benzene rings is 1. The summed E-state index contributed by atoms with van der Waals surface area (Å²) in [5.74, 6) is -0.920. The molecular weight excluding hydrogens is 337 g/mol. The van der Waals surface area contributed by atoms with E-state index in [2.05, 4.69) is 10.3 Å². The van der Waals surface area contributed by atoms with Gasteiger partial charge in [0.15, 0.2) is 0 Å². The highest BCUT2D eigenvalue weighted by atomic mass is 19.1. The quantitative estimate of drug-likeness (QED) is 0.890. The maximum absolute atomic E-state index is 14.0. The lowest BCUT2D eigenvalue weighted by molar-refractivity contribution is -0.127. The summed E-state index contributed by atoms with van der Waals surface area (Å²) in [6.45, 7) is 0.264. The van der Waals surface area contributed by atoms with Crippen LogP contribution in [0.5, 0.6) is 5.75 Å². The summed E-state index contributed by atoms with van der Waals surface area (Å²) in [7, 11) is 3.17. The van der Waals surface area contributed by atoms with Crippen LogP contribution in [0.15, 0.2) is 42.7 Å². The maximum Gasteiger partial charge on any atom is 0.254 e. The zero-order valence-corrected chi connectivity index (χ0v) is 14.6. The lowest BCUT2D eigenvalue weighted by Gasteiger charge is -2.25. The molecule has 0 bridgehead atoms. The zero-order valence-electron chi connectivity index (χ0n) is 14.6. The van der Waals surface area contributed by atoms with Crippen LogP contribution in [0.25, 0.3) is 0 Å². The van der Waals surface area contributed by atoms with Crippen molar-refractivity contribution in [2.24, 2.45) is 5.92 Å². The van der Waals surface area contributed by atoms with E-state index in [1.807, 2.05) is 12.1 Å². The van der Waals surface area contributed by atoms with Crippen LogP contribution in [0.4, 0.5) is 4.39 Å². The average molecular weight is 357 g/mol. The predicted molar refractivity (Wildman–Crippen MR) is 93.1 cm³/mol. The van der Waals surface area contributed by atoms with Crippen LogP contribution in [0, 0.1) is 11.7 Å². The average Bonchev–Trinajstić information content (AvgIpc) is 2.94. The van der Waals surface area contributed by atoms with Gasteiger partial charge in [-0.05, 0) is 23.8 Å². The van der Waals surface area contributed by atoms with Crippen LogP contribution in [0.1, 0.15) is 28.4 Å². The zero-order chi connectivity index (χ0) is 18.7. The number of ether oxygens (including phenoxy) is 1. The number of carbonyl (C=O) groups excluding carboxylic acids is 2. The summed E-state index contributed by atoms with van der Waals surface area (Å²) in [5.41, 5.74) is 0.858. The number of hydrogen-bond donors (Lipinski definition) is 1. The Balaban J connectivity index is 1.71. The van der Waals surface area contributed by atoms with E-state index < -0.39 is 11.7 Å². The highest BCUT2D eigenvalue weighted by Crippen LogP contribution is 2.36. The summed E-state index contributed by atoms with van der Waals surface area (Å²) < 4.78 is 19.0. The monoisotopic (exact) mass is 357 g/mol. The molecule has 2 aromatic rings. The molecular formula is C19H20FN3O3. The molecule has 1 aliphatic heterocycles. The van der Waals surface area contributed by atoms with E-state index in [1.165, 1.54) is 25.3 Å². The van der Waals surface area contributed by atoms with Gasteiger partial charge in [0, 0.05) is 44.4 Å². The molecule has 26 heavy (non-hydrogen) atoms. The van der Waals surface area contributed by atoms with Crippen LogP contribution < -0.4 is 10.1 Å². The maximum atomic E-state index is 14.0. The topological polar surface area (TPSA) is 71.5 Å². The minimum atomic E-state index is -0.648. The predicted octanol–water partition coefficient (Wildman–Crippen LogP) is 2.18. The van der Waals surface area contributed by atoms with E-state index in [0.717, 1.165) is 5.56 Å². The van der Waals surface area contributed by atoms with Crippen LogP contribution in [-0.2, 0) is 4.79 Å². The second-order valence-corrected chi connectivity index (χ2v) is 6.26. The Labute approximate surface area is 151 Å². The molecule has 1 aliphatic rings. The summed E-state index contributed by atoms with van der Waals surface area (Å²) in [5, 5.41) is 2.74. The van der Waals surface area contributed by atoms with Gasteiger partial charge < -0.3 is 15.0 Å². The molecule has 0 aliphatic carbocycles. The number of likely N-dealkylation sites (tertiary alicyclic amines) is 1. The first-order valence-electron chi connectivity index (χ1n) is 8.28. The number of carbonyl (C=O) groups is 2. The molecule has 1 aromatic heterocycles. The van der Waals surface area contributed by atoms with E-state index in [9.17, 15) is 14.0 Å². The molecule has 0 radical (unpaired) electrons. The molecule has 136 valence electrons. The molecule has 1 aromatic carbocycles. The minimum absolute atomic E-state index is 0.00808. The van der Waals surface area contributed by atoms with E-state index in [1.54, 1.807) is 24.3 Å². The first kappa shape index (κ1) is 17.8.